The lowest BCUT2D eigenvalue weighted by Gasteiger charge is -2.36. The first kappa shape index (κ1) is 15.5. The van der Waals surface area contributed by atoms with Gasteiger partial charge in [-0.3, -0.25) is 4.79 Å². The second-order valence-corrected chi connectivity index (χ2v) is 6.49. The van der Waals surface area contributed by atoms with E-state index in [1.807, 2.05) is 12.1 Å². The number of benzene rings is 1. The molecule has 1 saturated carbocycles. The Hall–Kier alpha value is -1.43. The van der Waals surface area contributed by atoms with Gasteiger partial charge in [-0.05, 0) is 23.5 Å². The number of aliphatic hydroxyl groups excluding tert-OH is 2. The molecule has 120 valence electrons. The van der Waals surface area contributed by atoms with Crippen LogP contribution in [0.1, 0.15) is 36.5 Å². The van der Waals surface area contributed by atoms with Gasteiger partial charge in [-0.2, -0.15) is 0 Å². The van der Waals surface area contributed by atoms with Crippen LogP contribution in [0.25, 0.3) is 0 Å². The molecule has 22 heavy (non-hydrogen) atoms. The summed E-state index contributed by atoms with van der Waals surface area (Å²) in [5, 5.41) is 20.2. The number of nitrogens with two attached hydrogens (primary N) is 1. The highest BCUT2D eigenvalue weighted by Crippen LogP contribution is 2.33. The molecule has 4 atom stereocenters. The van der Waals surface area contributed by atoms with Crippen molar-refractivity contribution in [1.82, 2.24) is 0 Å². The fraction of sp³-hybridized carbons (Fsp3) is 0.588. The Kier molecular flexibility index (Phi) is 4.47. The molecular weight excluding hydrogens is 282 g/mol. The van der Waals surface area contributed by atoms with E-state index in [1.165, 1.54) is 24.8 Å². The Morgan fingerprint density at radius 1 is 1.18 bits per heavy atom. The van der Waals surface area contributed by atoms with Crippen molar-refractivity contribution in [1.29, 1.82) is 0 Å². The molecule has 1 aliphatic heterocycles. The Balaban J connectivity index is 1.67. The highest BCUT2D eigenvalue weighted by atomic mass is 16.5. The van der Waals surface area contributed by atoms with Crippen molar-refractivity contribution in [2.24, 2.45) is 17.6 Å². The van der Waals surface area contributed by atoms with E-state index in [1.54, 1.807) is 0 Å². The van der Waals surface area contributed by atoms with Gasteiger partial charge in [0.15, 0.2) is 0 Å². The highest BCUT2D eigenvalue weighted by Gasteiger charge is 2.41. The van der Waals surface area contributed by atoms with Crippen LogP contribution in [0.2, 0.25) is 0 Å². The Morgan fingerprint density at radius 2 is 1.86 bits per heavy atom. The number of rotatable bonds is 4. The summed E-state index contributed by atoms with van der Waals surface area (Å²) in [6.07, 6.45) is 2.10. The second kappa shape index (κ2) is 6.36. The summed E-state index contributed by atoms with van der Waals surface area (Å²) in [7, 11) is 0. The van der Waals surface area contributed by atoms with Crippen LogP contribution in [0, 0.1) is 11.8 Å². The number of ether oxygens (including phenoxy) is 1. The number of amides is 1. The predicted molar refractivity (Wildman–Crippen MR) is 80.9 cm³/mol. The van der Waals surface area contributed by atoms with Crippen molar-refractivity contribution >= 4 is 5.91 Å². The summed E-state index contributed by atoms with van der Waals surface area (Å²) >= 11 is 0. The van der Waals surface area contributed by atoms with Gasteiger partial charge in [0.2, 0.25) is 5.91 Å². The number of aliphatic hydroxyl groups is 2. The van der Waals surface area contributed by atoms with Gasteiger partial charge in [-0.15, -0.1) is 0 Å². The van der Waals surface area contributed by atoms with Gasteiger partial charge in [0.25, 0.3) is 0 Å². The molecular formula is C17H23NO4. The lowest BCUT2D eigenvalue weighted by molar-refractivity contribution is -0.174. The maximum absolute atomic E-state index is 11.2. The fourth-order valence-electron chi connectivity index (χ4n) is 3.24. The van der Waals surface area contributed by atoms with Crippen LogP contribution >= 0.6 is 0 Å². The van der Waals surface area contributed by atoms with E-state index >= 15 is 0 Å². The summed E-state index contributed by atoms with van der Waals surface area (Å²) < 4.78 is 5.56. The van der Waals surface area contributed by atoms with Gasteiger partial charge >= 0.3 is 0 Å². The van der Waals surface area contributed by atoms with Crippen molar-refractivity contribution in [2.45, 2.75) is 44.0 Å². The quantitative estimate of drug-likeness (QED) is 0.771. The molecule has 5 heteroatoms. The van der Waals surface area contributed by atoms with Gasteiger partial charge in [-0.1, -0.05) is 43.5 Å². The second-order valence-electron chi connectivity index (χ2n) is 6.49. The van der Waals surface area contributed by atoms with Crippen LogP contribution < -0.4 is 5.73 Å². The zero-order chi connectivity index (χ0) is 15.7. The van der Waals surface area contributed by atoms with Crippen LogP contribution in [-0.2, 0) is 16.0 Å². The molecule has 1 aromatic rings. The number of carbonyl (C=O) groups excluding carboxylic acids is 1. The Labute approximate surface area is 130 Å². The fourth-order valence-corrected chi connectivity index (χ4v) is 3.24. The molecule has 2 aliphatic rings. The third-order valence-corrected chi connectivity index (χ3v) is 4.95. The van der Waals surface area contributed by atoms with E-state index in [-0.39, 0.29) is 6.61 Å². The smallest absolute Gasteiger partial charge is 0.225 e. The van der Waals surface area contributed by atoms with Gasteiger partial charge in [0, 0.05) is 0 Å². The molecule has 0 radical (unpaired) electrons. The first-order valence-corrected chi connectivity index (χ1v) is 7.92. The van der Waals surface area contributed by atoms with Crippen molar-refractivity contribution in [3.63, 3.8) is 0 Å². The molecule has 1 heterocycles. The SMILES string of the molecule is NC(=O)[C@@H]1CO[C@H](c2ccc(CC3CCC3)cc2)[C@H](O)[C@@H]1O. The summed E-state index contributed by atoms with van der Waals surface area (Å²) in [5.41, 5.74) is 7.30. The maximum Gasteiger partial charge on any atom is 0.225 e. The summed E-state index contributed by atoms with van der Waals surface area (Å²) in [6.45, 7) is 0.0298. The van der Waals surface area contributed by atoms with Crippen molar-refractivity contribution in [2.75, 3.05) is 6.61 Å². The van der Waals surface area contributed by atoms with Gasteiger partial charge < -0.3 is 20.7 Å². The molecule has 2 fully saturated rings. The van der Waals surface area contributed by atoms with Crippen LogP contribution in [0.3, 0.4) is 0 Å². The molecule has 1 aliphatic carbocycles. The molecule has 0 spiro atoms. The Bertz CT molecular complexity index is 526. The minimum Gasteiger partial charge on any atom is -0.389 e. The molecule has 5 nitrogen and oxygen atoms in total. The van der Waals surface area contributed by atoms with Crippen molar-refractivity contribution in [3.8, 4) is 0 Å². The molecule has 1 amide bonds. The number of hydrogen-bond acceptors (Lipinski definition) is 4. The average molecular weight is 305 g/mol. The lowest BCUT2D eigenvalue weighted by atomic mass is 9.80. The van der Waals surface area contributed by atoms with Crippen LogP contribution in [0.15, 0.2) is 24.3 Å². The number of primary amides is 1. The maximum atomic E-state index is 11.2. The molecule has 0 unspecified atom stereocenters. The highest BCUT2D eigenvalue weighted by molar-refractivity contribution is 5.77. The topological polar surface area (TPSA) is 92.8 Å². The predicted octanol–water partition coefficient (Wildman–Crippen LogP) is 0.924. The molecule has 0 aromatic heterocycles. The lowest BCUT2D eigenvalue weighted by Crippen LogP contribution is -2.50. The summed E-state index contributed by atoms with van der Waals surface area (Å²) in [6, 6.07) is 7.96. The third kappa shape index (κ3) is 3.02. The van der Waals surface area contributed by atoms with Crippen molar-refractivity contribution < 1.29 is 19.7 Å². The zero-order valence-electron chi connectivity index (χ0n) is 12.5. The zero-order valence-corrected chi connectivity index (χ0v) is 12.5. The van der Waals surface area contributed by atoms with E-state index in [9.17, 15) is 15.0 Å². The van der Waals surface area contributed by atoms with E-state index in [0.717, 1.165) is 17.9 Å². The summed E-state index contributed by atoms with van der Waals surface area (Å²) in [5.74, 6) is -0.703. The minimum absolute atomic E-state index is 0.0298. The first-order valence-electron chi connectivity index (χ1n) is 7.92. The summed E-state index contributed by atoms with van der Waals surface area (Å²) in [4.78, 5) is 11.2. The van der Waals surface area contributed by atoms with E-state index in [0.29, 0.717) is 0 Å². The van der Waals surface area contributed by atoms with Gasteiger partial charge in [0.1, 0.15) is 12.2 Å². The molecule has 1 saturated heterocycles. The minimum atomic E-state index is -1.19. The first-order chi connectivity index (χ1) is 10.6. The van der Waals surface area contributed by atoms with E-state index in [4.69, 9.17) is 10.5 Å². The Morgan fingerprint density at radius 3 is 2.41 bits per heavy atom. The van der Waals surface area contributed by atoms with Crippen LogP contribution in [0.4, 0.5) is 0 Å². The largest absolute Gasteiger partial charge is 0.389 e. The van der Waals surface area contributed by atoms with Crippen LogP contribution in [0.5, 0.6) is 0 Å². The monoisotopic (exact) mass is 305 g/mol. The number of hydrogen-bond donors (Lipinski definition) is 3. The standard InChI is InChI=1S/C17H23NO4/c18-17(21)13-9-22-16(15(20)14(13)19)12-6-4-11(5-7-12)8-10-2-1-3-10/h4-7,10,13-16,19-20H,1-3,8-9H2,(H2,18,21)/t13-,14-,15-,16-/m1/s1. The number of carbonyl (C=O) groups is 1. The van der Waals surface area contributed by atoms with Gasteiger partial charge in [0.05, 0.1) is 18.6 Å². The normalized spacial score (nSPS) is 32.5. The average Bonchev–Trinajstić information content (AvgIpc) is 2.46. The molecule has 3 rings (SSSR count). The molecule has 4 N–H and O–H groups in total. The van der Waals surface area contributed by atoms with E-state index < -0.39 is 30.1 Å². The van der Waals surface area contributed by atoms with Crippen molar-refractivity contribution in [3.05, 3.63) is 35.4 Å². The van der Waals surface area contributed by atoms with E-state index in [2.05, 4.69) is 12.1 Å². The van der Waals surface area contributed by atoms with Gasteiger partial charge in [-0.25, -0.2) is 0 Å². The molecule has 0 bridgehead atoms. The van der Waals surface area contributed by atoms with Crippen LogP contribution in [-0.4, -0.2) is 34.9 Å². The third-order valence-electron chi connectivity index (χ3n) is 4.95. The molecule has 1 aromatic carbocycles.